The molecule has 0 radical (unpaired) electrons. The first-order valence-electron chi connectivity index (χ1n) is 11.2. The van der Waals surface area contributed by atoms with Gasteiger partial charge in [0.05, 0.1) is 18.4 Å². The minimum Gasteiger partial charge on any atom is -0.494 e. The number of amides is 1. The quantitative estimate of drug-likeness (QED) is 0.305. The van der Waals surface area contributed by atoms with E-state index in [4.69, 9.17) is 4.74 Å². The van der Waals surface area contributed by atoms with E-state index in [1.54, 1.807) is 37.4 Å². The highest BCUT2D eigenvalue weighted by Crippen LogP contribution is 2.36. The third kappa shape index (κ3) is 5.91. The second-order valence-electron chi connectivity index (χ2n) is 8.11. The van der Waals surface area contributed by atoms with Gasteiger partial charge in [0.2, 0.25) is 5.95 Å². The van der Waals surface area contributed by atoms with Crippen molar-refractivity contribution in [3.8, 4) is 17.1 Å². The van der Waals surface area contributed by atoms with Gasteiger partial charge in [0, 0.05) is 32.5 Å². The smallest absolute Gasteiger partial charge is 0.256 e. The predicted molar refractivity (Wildman–Crippen MR) is 137 cm³/mol. The van der Waals surface area contributed by atoms with Gasteiger partial charge in [-0.25, -0.2) is 15.0 Å². The van der Waals surface area contributed by atoms with E-state index in [2.05, 4.69) is 41.0 Å². The Labute approximate surface area is 208 Å². The average Bonchev–Trinajstić information content (AvgIpc) is 3.30. The molecule has 4 aromatic rings. The van der Waals surface area contributed by atoms with Gasteiger partial charge in [-0.3, -0.25) is 9.48 Å². The summed E-state index contributed by atoms with van der Waals surface area (Å²) in [6, 6.07) is 11.0. The van der Waals surface area contributed by atoms with E-state index in [9.17, 15) is 4.79 Å². The van der Waals surface area contributed by atoms with Crippen LogP contribution in [0.4, 0.5) is 23.3 Å². The van der Waals surface area contributed by atoms with Crippen LogP contribution in [0.15, 0.2) is 55.1 Å². The Balaban J connectivity index is 1.69. The van der Waals surface area contributed by atoms with Crippen LogP contribution < -0.4 is 20.7 Å². The fraction of sp³-hybridized carbons (Fsp3) is 0.250. The maximum absolute atomic E-state index is 13.0. The molecule has 0 saturated heterocycles. The SMILES string of the molecule is COc1c(Nc2nc(Nc3ccccn3)ncc2C(=O)NCCN(C)C)cccc1-c1ncn(C)n1. The summed E-state index contributed by atoms with van der Waals surface area (Å²) in [7, 11) is 7.24. The van der Waals surface area contributed by atoms with Crippen LogP contribution >= 0.6 is 0 Å². The average molecular weight is 489 g/mol. The lowest BCUT2D eigenvalue weighted by atomic mass is 10.1. The molecular weight excluding hydrogens is 460 g/mol. The maximum atomic E-state index is 13.0. The van der Waals surface area contributed by atoms with Crippen molar-refractivity contribution in [3.63, 3.8) is 0 Å². The highest BCUT2D eigenvalue weighted by Gasteiger charge is 2.19. The number of hydrogen-bond donors (Lipinski definition) is 3. The number of hydrogen-bond acceptors (Lipinski definition) is 10. The molecule has 0 spiro atoms. The number of aryl methyl sites for hydroxylation is 1. The van der Waals surface area contributed by atoms with Gasteiger partial charge in [-0.05, 0) is 38.4 Å². The summed E-state index contributed by atoms with van der Waals surface area (Å²) in [4.78, 5) is 32.5. The molecule has 36 heavy (non-hydrogen) atoms. The fourth-order valence-corrected chi connectivity index (χ4v) is 3.36. The van der Waals surface area contributed by atoms with E-state index < -0.39 is 0 Å². The number of carbonyl (C=O) groups excluding carboxylic acids is 1. The molecule has 1 aromatic carbocycles. The number of carbonyl (C=O) groups is 1. The molecule has 0 fully saturated rings. The molecule has 3 aromatic heterocycles. The lowest BCUT2D eigenvalue weighted by Crippen LogP contribution is -2.32. The number of rotatable bonds is 10. The first-order chi connectivity index (χ1) is 17.4. The molecule has 0 aliphatic heterocycles. The van der Waals surface area contributed by atoms with E-state index in [0.717, 1.165) is 0 Å². The van der Waals surface area contributed by atoms with Gasteiger partial charge in [0.15, 0.2) is 11.6 Å². The van der Waals surface area contributed by atoms with Crippen LogP contribution in [0.3, 0.4) is 0 Å². The summed E-state index contributed by atoms with van der Waals surface area (Å²) in [5.74, 6) is 1.89. The van der Waals surface area contributed by atoms with Crippen LogP contribution in [0.1, 0.15) is 10.4 Å². The lowest BCUT2D eigenvalue weighted by Gasteiger charge is -2.16. The molecular formula is C24H28N10O2. The van der Waals surface area contributed by atoms with Crippen LogP contribution in [0.5, 0.6) is 5.75 Å². The highest BCUT2D eigenvalue weighted by atomic mass is 16.5. The molecule has 0 atom stereocenters. The van der Waals surface area contributed by atoms with Gasteiger partial charge < -0.3 is 25.6 Å². The normalized spacial score (nSPS) is 10.8. The highest BCUT2D eigenvalue weighted by molar-refractivity contribution is 5.99. The van der Waals surface area contributed by atoms with Crippen molar-refractivity contribution < 1.29 is 9.53 Å². The van der Waals surface area contributed by atoms with Gasteiger partial charge in [-0.15, -0.1) is 0 Å². The molecule has 3 N–H and O–H groups in total. The molecule has 3 heterocycles. The van der Waals surface area contributed by atoms with Crippen molar-refractivity contribution in [2.45, 2.75) is 0 Å². The maximum Gasteiger partial charge on any atom is 0.256 e. The molecule has 186 valence electrons. The standard InChI is InChI=1S/C24H28N10O2/c1-33(2)13-12-26-23(35)17-14-27-24(30-19-10-5-6-11-25-19)31-22(17)29-18-9-7-8-16(20(18)36-4)21-28-15-34(3)32-21/h5-11,14-15H,12-13H2,1-4H3,(H,26,35)(H2,25,27,29,30,31). The Morgan fingerprint density at radius 1 is 1.08 bits per heavy atom. The third-order valence-corrected chi connectivity index (χ3v) is 5.10. The Hall–Kier alpha value is -4.58. The van der Waals surface area contributed by atoms with E-state index in [1.807, 2.05) is 49.3 Å². The van der Waals surface area contributed by atoms with Crippen molar-refractivity contribution in [1.29, 1.82) is 0 Å². The van der Waals surface area contributed by atoms with Crippen molar-refractivity contribution >= 4 is 29.2 Å². The molecule has 0 aliphatic rings. The Morgan fingerprint density at radius 2 is 1.94 bits per heavy atom. The summed E-state index contributed by atoms with van der Waals surface area (Å²) in [6.45, 7) is 1.17. The molecule has 0 bridgehead atoms. The van der Waals surface area contributed by atoms with Crippen molar-refractivity contribution in [2.75, 3.05) is 44.9 Å². The molecule has 0 unspecified atom stereocenters. The topological polar surface area (TPSA) is 135 Å². The third-order valence-electron chi connectivity index (χ3n) is 5.10. The van der Waals surface area contributed by atoms with Gasteiger partial charge >= 0.3 is 0 Å². The van der Waals surface area contributed by atoms with Crippen molar-refractivity contribution in [1.82, 2.24) is 39.9 Å². The van der Waals surface area contributed by atoms with E-state index in [0.29, 0.717) is 47.5 Å². The Morgan fingerprint density at radius 3 is 2.64 bits per heavy atom. The number of nitrogens with one attached hydrogen (secondary N) is 3. The van der Waals surface area contributed by atoms with Crippen LogP contribution in [0.25, 0.3) is 11.4 Å². The summed E-state index contributed by atoms with van der Waals surface area (Å²) < 4.78 is 7.32. The molecule has 1 amide bonds. The summed E-state index contributed by atoms with van der Waals surface area (Å²) >= 11 is 0. The number of anilines is 4. The van der Waals surface area contributed by atoms with Crippen molar-refractivity contribution in [3.05, 3.63) is 60.7 Å². The molecule has 12 nitrogen and oxygen atoms in total. The first kappa shape index (κ1) is 24.5. The Kier molecular flexibility index (Phi) is 7.66. The lowest BCUT2D eigenvalue weighted by molar-refractivity contribution is 0.0951. The second-order valence-corrected chi connectivity index (χ2v) is 8.11. The zero-order valence-electron chi connectivity index (χ0n) is 20.6. The van der Waals surface area contributed by atoms with Gasteiger partial charge in [0.1, 0.15) is 23.5 Å². The summed E-state index contributed by atoms with van der Waals surface area (Å²) in [5, 5.41) is 13.6. The number of benzene rings is 1. The van der Waals surface area contributed by atoms with Gasteiger partial charge in [-0.2, -0.15) is 10.1 Å². The fourth-order valence-electron chi connectivity index (χ4n) is 3.36. The summed E-state index contributed by atoms with van der Waals surface area (Å²) in [5.41, 5.74) is 1.57. The molecule has 0 aliphatic carbocycles. The zero-order valence-corrected chi connectivity index (χ0v) is 20.6. The van der Waals surface area contributed by atoms with Crippen LogP contribution in [0, 0.1) is 0 Å². The van der Waals surface area contributed by atoms with Gasteiger partial charge in [-0.1, -0.05) is 12.1 Å². The van der Waals surface area contributed by atoms with Crippen LogP contribution in [-0.4, -0.2) is 74.8 Å². The number of pyridine rings is 1. The first-order valence-corrected chi connectivity index (χ1v) is 11.2. The van der Waals surface area contributed by atoms with E-state index >= 15 is 0 Å². The Bertz CT molecular complexity index is 1320. The number of methoxy groups -OCH3 is 1. The van der Waals surface area contributed by atoms with Crippen LogP contribution in [0.2, 0.25) is 0 Å². The minimum absolute atomic E-state index is 0.280. The number of para-hydroxylation sites is 1. The van der Waals surface area contributed by atoms with E-state index in [1.165, 1.54) is 6.20 Å². The molecule has 4 rings (SSSR count). The monoisotopic (exact) mass is 488 g/mol. The summed E-state index contributed by atoms with van der Waals surface area (Å²) in [6.07, 6.45) is 4.75. The van der Waals surface area contributed by atoms with Crippen molar-refractivity contribution in [2.24, 2.45) is 7.05 Å². The number of aromatic nitrogens is 6. The second kappa shape index (κ2) is 11.2. The minimum atomic E-state index is -0.301. The van der Waals surface area contributed by atoms with E-state index in [-0.39, 0.29) is 17.4 Å². The predicted octanol–water partition coefficient (Wildman–Crippen LogP) is 2.45. The zero-order chi connectivity index (χ0) is 25.5. The number of nitrogens with zero attached hydrogens (tertiary/aromatic N) is 7. The molecule has 0 saturated carbocycles. The van der Waals surface area contributed by atoms with Gasteiger partial charge in [0.25, 0.3) is 5.91 Å². The van der Waals surface area contributed by atoms with Crippen LogP contribution in [-0.2, 0) is 7.05 Å². The largest absolute Gasteiger partial charge is 0.494 e. The molecule has 12 heteroatoms. The number of ether oxygens (including phenoxy) is 1. The number of likely N-dealkylation sites (N-methyl/N-ethyl adjacent to an activating group) is 1.